The van der Waals surface area contributed by atoms with Crippen LogP contribution < -0.4 is 15.4 Å². The maximum atomic E-state index is 12.5. The molecule has 1 heterocycles. The molecule has 1 aliphatic rings. The minimum atomic E-state index is -0.742. The van der Waals surface area contributed by atoms with Gasteiger partial charge in [-0.15, -0.1) is 0 Å². The third kappa shape index (κ3) is 5.76. The van der Waals surface area contributed by atoms with Crippen LogP contribution in [0, 0.1) is 25.2 Å². The first-order valence-electron chi connectivity index (χ1n) is 11.4. The second-order valence-electron chi connectivity index (χ2n) is 8.20. The number of ether oxygens (including phenoxy) is 2. The SMILES string of the molecule is CCOc1ccc(C(=O)NCC(=O)OCC(=O)Nc2c(C#N)c(C)c(C)n2C2CCCC2)cc1. The number of carbonyl (C=O) groups excluding carboxylic acids is 3. The molecule has 9 nitrogen and oxygen atoms in total. The molecule has 1 fully saturated rings. The van der Waals surface area contributed by atoms with Gasteiger partial charge in [-0.1, -0.05) is 12.8 Å². The molecule has 3 rings (SSSR count). The zero-order valence-corrected chi connectivity index (χ0v) is 19.8. The van der Waals surface area contributed by atoms with E-state index in [4.69, 9.17) is 9.47 Å². The molecule has 0 unspecified atom stereocenters. The molecule has 34 heavy (non-hydrogen) atoms. The summed E-state index contributed by atoms with van der Waals surface area (Å²) in [7, 11) is 0. The van der Waals surface area contributed by atoms with E-state index in [1.807, 2.05) is 25.3 Å². The van der Waals surface area contributed by atoms with Gasteiger partial charge in [0.15, 0.2) is 6.61 Å². The van der Waals surface area contributed by atoms with Crippen molar-refractivity contribution in [3.63, 3.8) is 0 Å². The van der Waals surface area contributed by atoms with Gasteiger partial charge < -0.3 is 24.7 Å². The lowest BCUT2D eigenvalue weighted by atomic mass is 10.2. The molecule has 2 amide bonds. The number of nitrogens with one attached hydrogen (secondary N) is 2. The van der Waals surface area contributed by atoms with Crippen molar-refractivity contribution >= 4 is 23.6 Å². The predicted octanol–water partition coefficient (Wildman–Crippen LogP) is 3.40. The number of amides is 2. The largest absolute Gasteiger partial charge is 0.494 e. The topological polar surface area (TPSA) is 122 Å². The third-order valence-corrected chi connectivity index (χ3v) is 6.00. The Kier molecular flexibility index (Phi) is 8.30. The molecule has 2 aromatic rings. The van der Waals surface area contributed by atoms with Gasteiger partial charge in [0.2, 0.25) is 0 Å². The minimum absolute atomic E-state index is 0.233. The predicted molar refractivity (Wildman–Crippen MR) is 126 cm³/mol. The van der Waals surface area contributed by atoms with Crippen molar-refractivity contribution in [2.45, 2.75) is 52.5 Å². The molecular formula is C25H30N4O5. The number of aromatic nitrogens is 1. The maximum absolute atomic E-state index is 12.5. The maximum Gasteiger partial charge on any atom is 0.325 e. The van der Waals surface area contributed by atoms with E-state index in [1.54, 1.807) is 24.3 Å². The van der Waals surface area contributed by atoms with E-state index >= 15 is 0 Å². The summed E-state index contributed by atoms with van der Waals surface area (Å²) in [5.74, 6) is -0.626. The molecule has 1 aliphatic carbocycles. The monoisotopic (exact) mass is 466 g/mol. The van der Waals surface area contributed by atoms with E-state index in [0.29, 0.717) is 29.3 Å². The van der Waals surface area contributed by atoms with Crippen molar-refractivity contribution in [1.82, 2.24) is 9.88 Å². The van der Waals surface area contributed by atoms with Gasteiger partial charge in [0, 0.05) is 17.3 Å². The molecule has 1 aromatic carbocycles. The van der Waals surface area contributed by atoms with Crippen molar-refractivity contribution in [1.29, 1.82) is 5.26 Å². The average Bonchev–Trinajstić information content (AvgIpc) is 3.43. The number of hydrogen-bond donors (Lipinski definition) is 2. The van der Waals surface area contributed by atoms with Gasteiger partial charge in [0.1, 0.15) is 24.2 Å². The highest BCUT2D eigenvalue weighted by molar-refractivity contribution is 5.97. The van der Waals surface area contributed by atoms with Gasteiger partial charge >= 0.3 is 5.97 Å². The fourth-order valence-corrected chi connectivity index (χ4v) is 4.19. The zero-order valence-electron chi connectivity index (χ0n) is 19.8. The fraction of sp³-hybridized carbons (Fsp3) is 0.440. The van der Waals surface area contributed by atoms with Crippen molar-refractivity contribution < 1.29 is 23.9 Å². The molecule has 0 aliphatic heterocycles. The van der Waals surface area contributed by atoms with Crippen LogP contribution in [0.25, 0.3) is 0 Å². The average molecular weight is 467 g/mol. The molecule has 1 saturated carbocycles. The molecule has 9 heteroatoms. The summed E-state index contributed by atoms with van der Waals surface area (Å²) in [5.41, 5.74) is 2.58. The van der Waals surface area contributed by atoms with Gasteiger partial charge in [-0.2, -0.15) is 5.26 Å². The third-order valence-electron chi connectivity index (χ3n) is 6.00. The molecule has 0 bridgehead atoms. The van der Waals surface area contributed by atoms with Crippen LogP contribution in [-0.2, 0) is 14.3 Å². The van der Waals surface area contributed by atoms with Crippen molar-refractivity contribution in [2.75, 3.05) is 25.1 Å². The van der Waals surface area contributed by atoms with Crippen LogP contribution in [0.15, 0.2) is 24.3 Å². The highest BCUT2D eigenvalue weighted by Gasteiger charge is 2.26. The Morgan fingerprint density at radius 3 is 2.44 bits per heavy atom. The Balaban J connectivity index is 1.53. The molecular weight excluding hydrogens is 436 g/mol. The summed E-state index contributed by atoms with van der Waals surface area (Å²) in [6.07, 6.45) is 4.20. The highest BCUT2D eigenvalue weighted by Crippen LogP contribution is 2.37. The van der Waals surface area contributed by atoms with Crippen LogP contribution in [0.4, 0.5) is 5.82 Å². The first kappa shape index (κ1) is 24.8. The van der Waals surface area contributed by atoms with Crippen LogP contribution in [0.1, 0.15) is 65.8 Å². The van der Waals surface area contributed by atoms with E-state index in [-0.39, 0.29) is 12.6 Å². The van der Waals surface area contributed by atoms with Crippen molar-refractivity contribution in [2.24, 2.45) is 0 Å². The normalized spacial score (nSPS) is 13.2. The molecule has 0 atom stereocenters. The van der Waals surface area contributed by atoms with E-state index in [9.17, 15) is 19.6 Å². The van der Waals surface area contributed by atoms with Gasteiger partial charge in [-0.25, -0.2) is 0 Å². The number of benzene rings is 1. The van der Waals surface area contributed by atoms with E-state index in [2.05, 4.69) is 16.7 Å². The molecule has 0 saturated heterocycles. The summed E-state index contributed by atoms with van der Waals surface area (Å²) in [4.78, 5) is 36.7. The highest BCUT2D eigenvalue weighted by atomic mass is 16.5. The molecule has 2 N–H and O–H groups in total. The van der Waals surface area contributed by atoms with Crippen LogP contribution in [-0.4, -0.2) is 42.1 Å². The van der Waals surface area contributed by atoms with Crippen LogP contribution >= 0.6 is 0 Å². The van der Waals surface area contributed by atoms with E-state index < -0.39 is 24.4 Å². The molecule has 180 valence electrons. The number of anilines is 1. The van der Waals surface area contributed by atoms with Gasteiger partial charge in [0.05, 0.1) is 12.2 Å². The van der Waals surface area contributed by atoms with Crippen LogP contribution in [0.5, 0.6) is 5.75 Å². The molecule has 0 spiro atoms. The number of hydrogen-bond acceptors (Lipinski definition) is 6. The summed E-state index contributed by atoms with van der Waals surface area (Å²) in [6.45, 7) is 5.30. The van der Waals surface area contributed by atoms with Crippen molar-refractivity contribution in [3.8, 4) is 11.8 Å². The zero-order chi connectivity index (χ0) is 24.7. The lowest BCUT2D eigenvalue weighted by Gasteiger charge is -2.19. The quantitative estimate of drug-likeness (QED) is 0.546. The number of carbonyl (C=O) groups is 3. The smallest absolute Gasteiger partial charge is 0.325 e. The minimum Gasteiger partial charge on any atom is -0.494 e. The Hall–Kier alpha value is -3.80. The summed E-state index contributed by atoms with van der Waals surface area (Å²) in [6, 6.07) is 8.93. The summed E-state index contributed by atoms with van der Waals surface area (Å²) >= 11 is 0. The summed E-state index contributed by atoms with van der Waals surface area (Å²) in [5, 5.41) is 14.8. The Labute approximate surface area is 199 Å². The summed E-state index contributed by atoms with van der Waals surface area (Å²) < 4.78 is 12.4. The lowest BCUT2D eigenvalue weighted by molar-refractivity contribution is -0.146. The van der Waals surface area contributed by atoms with Gasteiger partial charge in [-0.05, 0) is 63.4 Å². The Morgan fingerprint density at radius 2 is 1.82 bits per heavy atom. The first-order chi connectivity index (χ1) is 16.3. The number of esters is 1. The van der Waals surface area contributed by atoms with Crippen LogP contribution in [0.2, 0.25) is 0 Å². The Bertz CT molecular complexity index is 1090. The van der Waals surface area contributed by atoms with Gasteiger partial charge in [0.25, 0.3) is 11.8 Å². The molecule has 1 aromatic heterocycles. The van der Waals surface area contributed by atoms with Gasteiger partial charge in [-0.3, -0.25) is 14.4 Å². The molecule has 0 radical (unpaired) electrons. The van der Waals surface area contributed by atoms with Crippen molar-refractivity contribution in [3.05, 3.63) is 46.6 Å². The Morgan fingerprint density at radius 1 is 1.15 bits per heavy atom. The van der Waals surface area contributed by atoms with E-state index in [1.165, 1.54) is 0 Å². The second kappa shape index (κ2) is 11.4. The fourth-order valence-electron chi connectivity index (χ4n) is 4.19. The first-order valence-corrected chi connectivity index (χ1v) is 11.4. The number of nitrogens with zero attached hydrogens (tertiary/aromatic N) is 2. The van der Waals surface area contributed by atoms with Crippen LogP contribution in [0.3, 0.4) is 0 Å². The number of nitriles is 1. The standard InChI is InChI=1S/C25H30N4O5/c1-4-33-20-11-9-18(10-12-20)25(32)27-14-23(31)34-15-22(30)28-24-21(13-26)16(2)17(3)29(24)19-7-5-6-8-19/h9-12,19H,4-8,14-15H2,1-3H3,(H,27,32)(H,28,30). The lowest BCUT2D eigenvalue weighted by Crippen LogP contribution is -2.32. The van der Waals surface area contributed by atoms with E-state index in [0.717, 1.165) is 36.9 Å². The number of rotatable bonds is 9. The second-order valence-corrected chi connectivity index (χ2v) is 8.20.